The first-order chi connectivity index (χ1) is 9.86. The fraction of sp³-hybridized carbons (Fsp3) is 0.429. The van der Waals surface area contributed by atoms with E-state index in [1.165, 1.54) is 6.07 Å². The highest BCUT2D eigenvalue weighted by Gasteiger charge is 2.19. The van der Waals surface area contributed by atoms with Gasteiger partial charge in [0.2, 0.25) is 0 Å². The molecule has 1 rings (SSSR count). The second kappa shape index (κ2) is 8.18. The van der Waals surface area contributed by atoms with Crippen molar-refractivity contribution in [1.82, 2.24) is 4.90 Å². The first kappa shape index (κ1) is 17.7. The number of aromatic carboxylic acids is 1. The Morgan fingerprint density at radius 1 is 1.38 bits per heavy atom. The number of amides is 2. The molecule has 0 heterocycles. The Morgan fingerprint density at radius 3 is 2.57 bits per heavy atom. The van der Waals surface area contributed by atoms with E-state index in [2.05, 4.69) is 5.32 Å². The molecule has 1 aromatic rings. The van der Waals surface area contributed by atoms with Crippen molar-refractivity contribution >= 4 is 40.3 Å². The lowest BCUT2D eigenvalue weighted by atomic mass is 10.2. The molecule has 0 unspecified atom stereocenters. The van der Waals surface area contributed by atoms with Crippen LogP contribution in [0.4, 0.5) is 10.5 Å². The number of carbonyl (C=O) groups is 2. The number of halogens is 1. The van der Waals surface area contributed by atoms with Gasteiger partial charge in [0.05, 0.1) is 11.3 Å². The van der Waals surface area contributed by atoms with Gasteiger partial charge in [-0.3, -0.25) is 0 Å². The Bertz CT molecular complexity index is 520. The van der Waals surface area contributed by atoms with Gasteiger partial charge >= 0.3 is 12.0 Å². The van der Waals surface area contributed by atoms with Crippen molar-refractivity contribution in [3.8, 4) is 0 Å². The van der Waals surface area contributed by atoms with Crippen LogP contribution < -0.4 is 5.32 Å². The molecule has 0 atom stereocenters. The third-order valence-electron chi connectivity index (χ3n) is 2.89. The van der Waals surface area contributed by atoms with Gasteiger partial charge < -0.3 is 20.4 Å². The quantitative estimate of drug-likeness (QED) is 0.634. The zero-order chi connectivity index (χ0) is 16.0. The molecule has 3 N–H and O–H groups in total. The van der Waals surface area contributed by atoms with Crippen LogP contribution in [0, 0.1) is 3.57 Å². The summed E-state index contributed by atoms with van der Waals surface area (Å²) < 4.78 is 0.781. The van der Waals surface area contributed by atoms with Crippen molar-refractivity contribution < 1.29 is 19.8 Å². The number of benzene rings is 1. The van der Waals surface area contributed by atoms with Gasteiger partial charge in [0.1, 0.15) is 0 Å². The summed E-state index contributed by atoms with van der Waals surface area (Å²) in [7, 11) is 0. The molecule has 0 radical (unpaired) electrons. The minimum Gasteiger partial charge on any atom is -0.478 e. The van der Waals surface area contributed by atoms with Gasteiger partial charge in [-0.05, 0) is 61.1 Å². The molecule has 116 valence electrons. The molecule has 0 aliphatic rings. The Morgan fingerprint density at radius 2 is 2.05 bits per heavy atom. The Hall–Kier alpha value is -1.35. The van der Waals surface area contributed by atoms with E-state index in [1.54, 1.807) is 17.0 Å². The van der Waals surface area contributed by atoms with Crippen LogP contribution in [0.5, 0.6) is 0 Å². The highest BCUT2D eigenvalue weighted by molar-refractivity contribution is 14.1. The number of carbonyl (C=O) groups excluding carboxylic acids is 1. The largest absolute Gasteiger partial charge is 0.478 e. The lowest BCUT2D eigenvalue weighted by molar-refractivity contribution is 0.0698. The second-order valence-electron chi connectivity index (χ2n) is 4.79. The zero-order valence-corrected chi connectivity index (χ0v) is 14.1. The SMILES string of the molecule is CC(C)N(CCCO)C(=O)Nc1ccc(I)cc1C(=O)O. The molecule has 21 heavy (non-hydrogen) atoms. The molecule has 0 aromatic heterocycles. The van der Waals surface area contributed by atoms with Crippen molar-refractivity contribution in [1.29, 1.82) is 0 Å². The van der Waals surface area contributed by atoms with E-state index in [0.29, 0.717) is 13.0 Å². The fourth-order valence-electron chi connectivity index (χ4n) is 1.82. The molecule has 0 saturated heterocycles. The maximum absolute atomic E-state index is 12.3. The van der Waals surface area contributed by atoms with E-state index in [1.807, 2.05) is 36.4 Å². The monoisotopic (exact) mass is 406 g/mol. The van der Waals surface area contributed by atoms with Crippen LogP contribution in [0.3, 0.4) is 0 Å². The molecule has 0 aliphatic heterocycles. The highest BCUT2D eigenvalue weighted by Crippen LogP contribution is 2.20. The van der Waals surface area contributed by atoms with Gasteiger partial charge in [-0.1, -0.05) is 0 Å². The summed E-state index contributed by atoms with van der Waals surface area (Å²) in [5, 5.41) is 20.7. The topological polar surface area (TPSA) is 89.9 Å². The molecule has 1 aromatic carbocycles. The molecule has 0 fully saturated rings. The van der Waals surface area contributed by atoms with Crippen LogP contribution in [0.25, 0.3) is 0 Å². The van der Waals surface area contributed by atoms with E-state index in [-0.39, 0.29) is 29.9 Å². The minimum absolute atomic E-state index is 0.000405. The van der Waals surface area contributed by atoms with Gasteiger partial charge in [0.15, 0.2) is 0 Å². The third kappa shape index (κ3) is 5.16. The van der Waals surface area contributed by atoms with E-state index >= 15 is 0 Å². The third-order valence-corrected chi connectivity index (χ3v) is 3.57. The summed E-state index contributed by atoms with van der Waals surface area (Å²) in [6, 6.07) is 4.39. The number of anilines is 1. The van der Waals surface area contributed by atoms with Crippen LogP contribution in [0.1, 0.15) is 30.6 Å². The molecule has 6 nitrogen and oxygen atoms in total. The van der Waals surface area contributed by atoms with E-state index in [9.17, 15) is 14.7 Å². The smallest absolute Gasteiger partial charge is 0.337 e. The summed E-state index contributed by atoms with van der Waals surface area (Å²) in [4.78, 5) is 25.0. The zero-order valence-electron chi connectivity index (χ0n) is 12.0. The van der Waals surface area contributed by atoms with Crippen molar-refractivity contribution in [2.24, 2.45) is 0 Å². The lowest BCUT2D eigenvalue weighted by Crippen LogP contribution is -2.41. The number of carboxylic acids is 1. The van der Waals surface area contributed by atoms with Crippen molar-refractivity contribution in [2.75, 3.05) is 18.5 Å². The van der Waals surface area contributed by atoms with E-state index < -0.39 is 5.97 Å². The van der Waals surface area contributed by atoms with Crippen LogP contribution in [0.2, 0.25) is 0 Å². The van der Waals surface area contributed by atoms with Gasteiger partial charge in [0, 0.05) is 22.8 Å². The van der Waals surface area contributed by atoms with E-state index in [0.717, 1.165) is 3.57 Å². The number of rotatable bonds is 6. The van der Waals surface area contributed by atoms with E-state index in [4.69, 9.17) is 5.11 Å². The van der Waals surface area contributed by atoms with Crippen molar-refractivity contribution in [2.45, 2.75) is 26.3 Å². The molecule has 0 aliphatic carbocycles. The standard InChI is InChI=1S/C14H19IN2O4/c1-9(2)17(6-3-7-18)14(21)16-12-5-4-10(15)8-11(12)13(19)20/h4-5,8-9,18H,3,6-7H2,1-2H3,(H,16,21)(H,19,20). The molecular weight excluding hydrogens is 387 g/mol. The minimum atomic E-state index is -1.09. The lowest BCUT2D eigenvalue weighted by Gasteiger charge is -2.27. The van der Waals surface area contributed by atoms with Crippen LogP contribution in [-0.4, -0.2) is 46.3 Å². The number of urea groups is 1. The Labute approximate surface area is 137 Å². The van der Waals surface area contributed by atoms with Gasteiger partial charge in [0.25, 0.3) is 0 Å². The molecular formula is C14H19IN2O4. The summed E-state index contributed by atoms with van der Waals surface area (Å²) >= 11 is 2.02. The Kier molecular flexibility index (Phi) is 6.90. The summed E-state index contributed by atoms with van der Waals surface area (Å²) in [5.41, 5.74) is 0.323. The van der Waals surface area contributed by atoms with Crippen LogP contribution in [-0.2, 0) is 0 Å². The number of nitrogens with zero attached hydrogens (tertiary/aromatic N) is 1. The number of aliphatic hydroxyl groups is 1. The Balaban J connectivity index is 2.93. The van der Waals surface area contributed by atoms with Gasteiger partial charge in [-0.15, -0.1) is 0 Å². The first-order valence-electron chi connectivity index (χ1n) is 6.58. The maximum atomic E-state index is 12.3. The number of hydrogen-bond donors (Lipinski definition) is 3. The molecule has 0 spiro atoms. The number of hydrogen-bond acceptors (Lipinski definition) is 3. The number of aliphatic hydroxyl groups excluding tert-OH is 1. The highest BCUT2D eigenvalue weighted by atomic mass is 127. The van der Waals surface area contributed by atoms with Gasteiger partial charge in [-0.2, -0.15) is 0 Å². The molecule has 0 bridgehead atoms. The second-order valence-corrected chi connectivity index (χ2v) is 6.04. The number of carboxylic acid groups (broad SMARTS) is 1. The summed E-state index contributed by atoms with van der Waals surface area (Å²) in [5.74, 6) is -1.09. The summed E-state index contributed by atoms with van der Waals surface area (Å²) in [6.45, 7) is 4.14. The maximum Gasteiger partial charge on any atom is 0.337 e. The normalized spacial score (nSPS) is 10.5. The molecule has 2 amide bonds. The predicted molar refractivity (Wildman–Crippen MR) is 88.7 cm³/mol. The fourth-order valence-corrected chi connectivity index (χ4v) is 2.32. The van der Waals surface area contributed by atoms with Crippen molar-refractivity contribution in [3.05, 3.63) is 27.3 Å². The number of nitrogens with one attached hydrogen (secondary N) is 1. The first-order valence-corrected chi connectivity index (χ1v) is 7.66. The average molecular weight is 406 g/mol. The van der Waals surface area contributed by atoms with Crippen LogP contribution in [0.15, 0.2) is 18.2 Å². The average Bonchev–Trinajstić information content (AvgIpc) is 2.40. The van der Waals surface area contributed by atoms with Crippen molar-refractivity contribution in [3.63, 3.8) is 0 Å². The molecule has 0 saturated carbocycles. The van der Waals surface area contributed by atoms with Gasteiger partial charge in [-0.25, -0.2) is 9.59 Å². The molecule has 7 heteroatoms. The van der Waals surface area contributed by atoms with Crippen LogP contribution >= 0.6 is 22.6 Å². The summed E-state index contributed by atoms with van der Waals surface area (Å²) in [6.07, 6.45) is 0.476. The predicted octanol–water partition coefficient (Wildman–Crippen LogP) is 2.61.